The summed E-state index contributed by atoms with van der Waals surface area (Å²) in [6.45, 7) is 2.68. The number of alkyl halides is 3. The van der Waals surface area contributed by atoms with E-state index in [1.165, 1.54) is 36.4 Å². The van der Waals surface area contributed by atoms with Crippen molar-refractivity contribution in [3.8, 4) is 0 Å². The SMILES string of the molecule is CC[C@H](Cc1ccc(Cl)c(NC(=O)[C@H](c2ccc(Cl)cc2)C(C)C(F)(F)F)c1)C(=O)O. The molecule has 1 amide bonds. The molecule has 1 unspecified atom stereocenters. The molecule has 2 rings (SSSR count). The van der Waals surface area contributed by atoms with Crippen LogP contribution in [0, 0.1) is 11.8 Å². The molecule has 0 aliphatic carbocycles. The number of nitrogens with one attached hydrogen (secondary N) is 1. The number of aliphatic carboxylic acids is 1. The van der Waals surface area contributed by atoms with Crippen molar-refractivity contribution < 1.29 is 27.9 Å². The van der Waals surface area contributed by atoms with Gasteiger partial charge in [0.15, 0.2) is 0 Å². The van der Waals surface area contributed by atoms with Crippen LogP contribution in [0.5, 0.6) is 0 Å². The zero-order chi connectivity index (χ0) is 23.3. The van der Waals surface area contributed by atoms with Crippen LogP contribution in [0.4, 0.5) is 18.9 Å². The van der Waals surface area contributed by atoms with Crippen molar-refractivity contribution in [2.75, 3.05) is 5.32 Å². The lowest BCUT2D eigenvalue weighted by molar-refractivity contribution is -0.178. The molecule has 168 valence electrons. The summed E-state index contributed by atoms with van der Waals surface area (Å²) < 4.78 is 40.4. The molecule has 9 heteroatoms. The smallest absolute Gasteiger partial charge is 0.392 e. The van der Waals surface area contributed by atoms with E-state index in [9.17, 15) is 27.9 Å². The number of carboxylic acid groups (broad SMARTS) is 1. The fourth-order valence-electron chi connectivity index (χ4n) is 3.22. The first-order chi connectivity index (χ1) is 14.4. The summed E-state index contributed by atoms with van der Waals surface area (Å²) in [7, 11) is 0. The minimum absolute atomic E-state index is 0.123. The van der Waals surface area contributed by atoms with Gasteiger partial charge in [0, 0.05) is 5.02 Å². The Morgan fingerprint density at radius 3 is 2.23 bits per heavy atom. The van der Waals surface area contributed by atoms with Gasteiger partial charge in [-0.25, -0.2) is 0 Å². The lowest BCUT2D eigenvalue weighted by Gasteiger charge is -2.26. The van der Waals surface area contributed by atoms with Gasteiger partial charge in [-0.2, -0.15) is 13.2 Å². The summed E-state index contributed by atoms with van der Waals surface area (Å²) in [6, 6.07) is 10.2. The third-order valence-electron chi connectivity index (χ3n) is 5.14. The first-order valence-electron chi connectivity index (χ1n) is 9.58. The molecule has 0 heterocycles. The van der Waals surface area contributed by atoms with Crippen molar-refractivity contribution >= 4 is 40.8 Å². The third kappa shape index (κ3) is 6.61. The second kappa shape index (κ2) is 10.4. The van der Waals surface area contributed by atoms with Gasteiger partial charge in [0.05, 0.1) is 28.5 Å². The molecule has 0 radical (unpaired) electrons. The molecular formula is C22H22Cl2F3NO3. The van der Waals surface area contributed by atoms with E-state index in [1.54, 1.807) is 13.0 Å². The van der Waals surface area contributed by atoms with Gasteiger partial charge in [0.25, 0.3) is 0 Å². The van der Waals surface area contributed by atoms with Crippen LogP contribution in [0.25, 0.3) is 0 Å². The van der Waals surface area contributed by atoms with Crippen molar-refractivity contribution in [2.45, 2.75) is 38.8 Å². The Hall–Kier alpha value is -2.25. The third-order valence-corrected chi connectivity index (χ3v) is 5.72. The molecule has 0 aliphatic rings. The number of carbonyl (C=O) groups is 2. The van der Waals surface area contributed by atoms with Crippen LogP contribution in [0.3, 0.4) is 0 Å². The van der Waals surface area contributed by atoms with Crippen LogP contribution in [-0.2, 0) is 16.0 Å². The molecule has 0 bridgehead atoms. The average Bonchev–Trinajstić information content (AvgIpc) is 2.69. The number of hydrogen-bond acceptors (Lipinski definition) is 2. The highest BCUT2D eigenvalue weighted by molar-refractivity contribution is 6.33. The Bertz CT molecular complexity index is 933. The number of hydrogen-bond donors (Lipinski definition) is 2. The van der Waals surface area contributed by atoms with Crippen molar-refractivity contribution in [2.24, 2.45) is 11.8 Å². The maximum absolute atomic E-state index is 13.5. The summed E-state index contributed by atoms with van der Waals surface area (Å²) in [6.07, 6.45) is -4.00. The molecule has 31 heavy (non-hydrogen) atoms. The Labute approximate surface area is 188 Å². The fraction of sp³-hybridized carbons (Fsp3) is 0.364. The molecule has 2 N–H and O–H groups in total. The molecule has 3 atom stereocenters. The molecule has 4 nitrogen and oxygen atoms in total. The minimum atomic E-state index is -4.61. The minimum Gasteiger partial charge on any atom is -0.481 e. The molecule has 0 saturated heterocycles. The predicted octanol–water partition coefficient (Wildman–Crippen LogP) is 6.57. The lowest BCUT2D eigenvalue weighted by Crippen LogP contribution is -2.34. The number of carbonyl (C=O) groups excluding carboxylic acids is 1. The average molecular weight is 476 g/mol. The first-order valence-corrected chi connectivity index (χ1v) is 10.3. The Balaban J connectivity index is 2.35. The predicted molar refractivity (Wildman–Crippen MR) is 115 cm³/mol. The van der Waals surface area contributed by atoms with E-state index in [0.29, 0.717) is 17.0 Å². The number of halogens is 5. The quantitative estimate of drug-likeness (QED) is 0.453. The Morgan fingerprint density at radius 2 is 1.71 bits per heavy atom. The van der Waals surface area contributed by atoms with Crippen molar-refractivity contribution in [3.05, 3.63) is 63.6 Å². The largest absolute Gasteiger partial charge is 0.481 e. The first kappa shape index (κ1) is 25.0. The van der Waals surface area contributed by atoms with Gasteiger partial charge in [-0.3, -0.25) is 9.59 Å². The van der Waals surface area contributed by atoms with E-state index in [2.05, 4.69) is 5.32 Å². The van der Waals surface area contributed by atoms with Gasteiger partial charge < -0.3 is 10.4 Å². The van der Waals surface area contributed by atoms with E-state index in [0.717, 1.165) is 6.92 Å². The number of benzene rings is 2. The molecule has 0 aliphatic heterocycles. The monoisotopic (exact) mass is 475 g/mol. The van der Waals surface area contributed by atoms with Crippen LogP contribution in [0.1, 0.15) is 37.3 Å². The Kier molecular flexibility index (Phi) is 8.37. The highest BCUT2D eigenvalue weighted by Gasteiger charge is 2.45. The van der Waals surface area contributed by atoms with Gasteiger partial charge in [-0.15, -0.1) is 0 Å². The number of amides is 1. The maximum atomic E-state index is 13.5. The van der Waals surface area contributed by atoms with Crippen LogP contribution >= 0.6 is 23.2 Å². The van der Waals surface area contributed by atoms with E-state index in [4.69, 9.17) is 23.2 Å². The normalized spacial score (nSPS) is 14.5. The van der Waals surface area contributed by atoms with Crippen LogP contribution in [-0.4, -0.2) is 23.2 Å². The van der Waals surface area contributed by atoms with E-state index in [1.807, 2.05) is 0 Å². The maximum Gasteiger partial charge on any atom is 0.392 e. The number of rotatable bonds is 8. The summed E-state index contributed by atoms with van der Waals surface area (Å²) in [5.41, 5.74) is 0.884. The second-order valence-corrected chi connectivity index (χ2v) is 8.15. The molecule has 0 spiro atoms. The van der Waals surface area contributed by atoms with Gasteiger partial charge >= 0.3 is 12.1 Å². The van der Waals surface area contributed by atoms with E-state index in [-0.39, 0.29) is 22.7 Å². The summed E-state index contributed by atoms with van der Waals surface area (Å²) >= 11 is 12.0. The van der Waals surface area contributed by atoms with Gasteiger partial charge in [0.1, 0.15) is 0 Å². The molecular weight excluding hydrogens is 454 g/mol. The molecule has 2 aromatic carbocycles. The van der Waals surface area contributed by atoms with Gasteiger partial charge in [-0.05, 0) is 48.2 Å². The fourth-order valence-corrected chi connectivity index (χ4v) is 3.51. The summed E-state index contributed by atoms with van der Waals surface area (Å²) in [5, 5.41) is 12.2. The molecule has 0 aromatic heterocycles. The van der Waals surface area contributed by atoms with Crippen LogP contribution < -0.4 is 5.32 Å². The second-order valence-electron chi connectivity index (χ2n) is 7.31. The van der Waals surface area contributed by atoms with Crippen molar-refractivity contribution in [1.82, 2.24) is 0 Å². The Morgan fingerprint density at radius 1 is 1.10 bits per heavy atom. The van der Waals surface area contributed by atoms with Crippen LogP contribution in [0.2, 0.25) is 10.0 Å². The van der Waals surface area contributed by atoms with Gasteiger partial charge in [-0.1, -0.05) is 55.2 Å². The molecule has 0 saturated carbocycles. The zero-order valence-electron chi connectivity index (χ0n) is 16.8. The number of anilines is 1. The van der Waals surface area contributed by atoms with E-state index >= 15 is 0 Å². The lowest BCUT2D eigenvalue weighted by atomic mass is 9.85. The highest BCUT2D eigenvalue weighted by atomic mass is 35.5. The van der Waals surface area contributed by atoms with Crippen molar-refractivity contribution in [3.63, 3.8) is 0 Å². The zero-order valence-corrected chi connectivity index (χ0v) is 18.4. The van der Waals surface area contributed by atoms with Crippen LogP contribution in [0.15, 0.2) is 42.5 Å². The summed E-state index contributed by atoms with van der Waals surface area (Å²) in [4.78, 5) is 24.2. The summed E-state index contributed by atoms with van der Waals surface area (Å²) in [5.74, 6) is -5.95. The topological polar surface area (TPSA) is 66.4 Å². The van der Waals surface area contributed by atoms with Gasteiger partial charge in [0.2, 0.25) is 5.91 Å². The number of carboxylic acids is 1. The molecule has 2 aromatic rings. The standard InChI is InChI=1S/C22H22Cl2F3NO3/c1-3-14(21(30)31)10-13-4-9-17(24)18(11-13)28-20(29)19(12(2)22(25,26)27)15-5-7-16(23)8-6-15/h4-9,11-12,14,19H,3,10H2,1-2H3,(H,28,29)(H,30,31)/t12?,14-,19+/m1/s1. The van der Waals surface area contributed by atoms with Crippen molar-refractivity contribution in [1.29, 1.82) is 0 Å². The molecule has 0 fully saturated rings. The highest BCUT2D eigenvalue weighted by Crippen LogP contribution is 2.39. The van der Waals surface area contributed by atoms with E-state index < -0.39 is 35.8 Å².